The third-order valence-electron chi connectivity index (χ3n) is 3.21. The average molecular weight is 181 g/mol. The maximum atomic E-state index is 5.75. The van der Waals surface area contributed by atoms with Crippen molar-refractivity contribution in [1.29, 1.82) is 0 Å². The molecule has 2 unspecified atom stereocenters. The fourth-order valence-electron chi connectivity index (χ4n) is 2.68. The maximum Gasteiger partial charge on any atom is 0.329 e. The van der Waals surface area contributed by atoms with Crippen molar-refractivity contribution in [3.05, 3.63) is 10.6 Å². The van der Waals surface area contributed by atoms with Crippen LogP contribution in [0.3, 0.4) is 0 Å². The van der Waals surface area contributed by atoms with Crippen molar-refractivity contribution in [2.24, 2.45) is 5.92 Å². The number of aromatic nitrogens is 1. The minimum Gasteiger partial charge on any atom is -0.278 e. The van der Waals surface area contributed by atoms with Gasteiger partial charge in [-0.3, -0.25) is 5.73 Å². The molecular formula is C9H13N2S+. The summed E-state index contributed by atoms with van der Waals surface area (Å²) < 4.78 is 0. The lowest BCUT2D eigenvalue weighted by Gasteiger charge is -2.15. The number of aromatic amines is 1. The van der Waals surface area contributed by atoms with Crippen LogP contribution in [-0.4, -0.2) is 0 Å². The number of rotatable bonds is 0. The van der Waals surface area contributed by atoms with Crippen molar-refractivity contribution in [3.63, 3.8) is 0 Å². The lowest BCUT2D eigenvalue weighted by molar-refractivity contribution is -0.370. The Morgan fingerprint density at radius 1 is 1.42 bits per heavy atom. The SMILES string of the molecule is Nc1[nH+]c2c(s1)CC1CCC2C1. The molecule has 2 nitrogen and oxygen atoms in total. The van der Waals surface area contributed by atoms with Crippen LogP contribution in [0.1, 0.15) is 35.8 Å². The third-order valence-corrected chi connectivity index (χ3v) is 4.17. The summed E-state index contributed by atoms with van der Waals surface area (Å²) in [4.78, 5) is 4.85. The van der Waals surface area contributed by atoms with E-state index >= 15 is 0 Å². The van der Waals surface area contributed by atoms with E-state index in [1.165, 1.54) is 36.3 Å². The Labute approximate surface area is 75.8 Å². The second kappa shape index (κ2) is 2.22. The molecule has 0 saturated heterocycles. The Morgan fingerprint density at radius 3 is 3.25 bits per heavy atom. The van der Waals surface area contributed by atoms with Crippen molar-refractivity contribution < 1.29 is 4.98 Å². The quantitative estimate of drug-likeness (QED) is 0.648. The molecule has 3 heteroatoms. The minimum atomic E-state index is 0.812. The first-order chi connectivity index (χ1) is 5.83. The zero-order valence-corrected chi connectivity index (χ0v) is 7.79. The van der Waals surface area contributed by atoms with Crippen molar-refractivity contribution >= 4 is 16.5 Å². The first-order valence-corrected chi connectivity index (χ1v) is 5.45. The fraction of sp³-hybridized carbons (Fsp3) is 0.667. The number of hydrogen-bond acceptors (Lipinski definition) is 2. The van der Waals surface area contributed by atoms with Gasteiger partial charge in [-0.1, -0.05) is 11.3 Å². The van der Waals surface area contributed by atoms with E-state index in [1.807, 2.05) is 0 Å². The first kappa shape index (κ1) is 6.89. The predicted molar refractivity (Wildman–Crippen MR) is 49.1 cm³/mol. The molecule has 0 aromatic carbocycles. The highest BCUT2D eigenvalue weighted by Crippen LogP contribution is 2.46. The summed E-state index contributed by atoms with van der Waals surface area (Å²) in [6, 6.07) is 0. The molecule has 3 N–H and O–H groups in total. The van der Waals surface area contributed by atoms with Gasteiger partial charge in [-0.05, 0) is 31.6 Å². The number of nitrogens with one attached hydrogen (secondary N) is 1. The zero-order valence-electron chi connectivity index (χ0n) is 6.97. The molecule has 1 fully saturated rings. The van der Waals surface area contributed by atoms with E-state index in [2.05, 4.69) is 4.98 Å². The number of H-pyrrole nitrogens is 1. The molecule has 3 rings (SSSR count). The third kappa shape index (κ3) is 0.829. The fourth-order valence-corrected chi connectivity index (χ4v) is 3.75. The van der Waals surface area contributed by atoms with Crippen LogP contribution in [0.4, 0.5) is 5.13 Å². The molecule has 0 radical (unpaired) electrons. The summed E-state index contributed by atoms with van der Waals surface area (Å²) in [5.41, 5.74) is 7.22. The second-order valence-electron chi connectivity index (χ2n) is 4.01. The van der Waals surface area contributed by atoms with Crippen LogP contribution in [0.15, 0.2) is 0 Å². The molecule has 1 saturated carbocycles. The number of anilines is 1. The summed E-state index contributed by atoms with van der Waals surface area (Å²) in [5, 5.41) is 0.896. The van der Waals surface area contributed by atoms with E-state index < -0.39 is 0 Å². The van der Waals surface area contributed by atoms with Crippen molar-refractivity contribution in [2.75, 3.05) is 5.73 Å². The highest BCUT2D eigenvalue weighted by atomic mass is 32.1. The molecule has 1 heterocycles. The molecule has 0 aliphatic heterocycles. The smallest absolute Gasteiger partial charge is 0.278 e. The van der Waals surface area contributed by atoms with Crippen LogP contribution in [0.2, 0.25) is 0 Å². The molecule has 2 aliphatic rings. The Hall–Kier alpha value is -0.570. The highest BCUT2D eigenvalue weighted by molar-refractivity contribution is 7.15. The van der Waals surface area contributed by atoms with Gasteiger partial charge in [0.25, 0.3) is 0 Å². The Morgan fingerprint density at radius 2 is 2.33 bits per heavy atom. The summed E-state index contributed by atoms with van der Waals surface area (Å²) >= 11 is 1.76. The first-order valence-electron chi connectivity index (χ1n) is 4.63. The van der Waals surface area contributed by atoms with Crippen LogP contribution < -0.4 is 10.7 Å². The normalized spacial score (nSPS) is 32.0. The number of thiazole rings is 1. The van der Waals surface area contributed by atoms with Gasteiger partial charge in [0.2, 0.25) is 0 Å². The van der Waals surface area contributed by atoms with Gasteiger partial charge in [0, 0.05) is 5.92 Å². The van der Waals surface area contributed by atoms with Gasteiger partial charge in [-0.15, -0.1) is 0 Å². The van der Waals surface area contributed by atoms with Crippen LogP contribution in [-0.2, 0) is 6.42 Å². The van der Waals surface area contributed by atoms with Crippen LogP contribution in [0.25, 0.3) is 0 Å². The number of fused-ring (bicyclic) bond motifs is 4. The monoisotopic (exact) mass is 181 g/mol. The number of nitrogens with two attached hydrogens (primary N) is 1. The molecule has 2 atom stereocenters. The lowest BCUT2D eigenvalue weighted by Crippen LogP contribution is -2.17. The lowest BCUT2D eigenvalue weighted by atomic mass is 9.91. The minimum absolute atomic E-state index is 0.812. The van der Waals surface area contributed by atoms with Gasteiger partial charge in [-0.2, -0.15) is 0 Å². The highest BCUT2D eigenvalue weighted by Gasteiger charge is 2.36. The summed E-state index contributed by atoms with van der Waals surface area (Å²) in [6.07, 6.45) is 5.49. The average Bonchev–Trinajstić information content (AvgIpc) is 2.57. The van der Waals surface area contributed by atoms with Crippen LogP contribution >= 0.6 is 11.3 Å². The van der Waals surface area contributed by atoms with E-state index in [1.54, 1.807) is 11.3 Å². The van der Waals surface area contributed by atoms with Gasteiger partial charge in [0.15, 0.2) is 0 Å². The molecule has 1 aromatic heterocycles. The van der Waals surface area contributed by atoms with E-state index in [0.717, 1.165) is 17.0 Å². The van der Waals surface area contributed by atoms with Gasteiger partial charge in [-0.25, -0.2) is 4.98 Å². The van der Waals surface area contributed by atoms with E-state index in [-0.39, 0.29) is 0 Å². The molecule has 0 amide bonds. The van der Waals surface area contributed by atoms with Crippen LogP contribution in [0.5, 0.6) is 0 Å². The summed E-state index contributed by atoms with van der Waals surface area (Å²) in [5.74, 6) is 1.78. The largest absolute Gasteiger partial charge is 0.329 e. The van der Waals surface area contributed by atoms with E-state index in [9.17, 15) is 0 Å². The topological polar surface area (TPSA) is 40.2 Å². The maximum absolute atomic E-state index is 5.75. The molecular weight excluding hydrogens is 168 g/mol. The van der Waals surface area contributed by atoms with Gasteiger partial charge >= 0.3 is 5.13 Å². The Balaban J connectivity index is 2.11. The summed E-state index contributed by atoms with van der Waals surface area (Å²) in [7, 11) is 0. The number of hydrogen-bond donors (Lipinski definition) is 1. The summed E-state index contributed by atoms with van der Waals surface area (Å²) in [6.45, 7) is 0. The molecule has 2 aliphatic carbocycles. The van der Waals surface area contributed by atoms with Gasteiger partial charge in [0.05, 0.1) is 4.88 Å². The zero-order chi connectivity index (χ0) is 8.13. The second-order valence-corrected chi connectivity index (χ2v) is 5.15. The van der Waals surface area contributed by atoms with Crippen LogP contribution in [0, 0.1) is 5.92 Å². The molecule has 64 valence electrons. The van der Waals surface area contributed by atoms with E-state index in [4.69, 9.17) is 5.73 Å². The number of nitrogen functional groups attached to an aromatic ring is 1. The van der Waals surface area contributed by atoms with Crippen molar-refractivity contribution in [3.8, 4) is 0 Å². The van der Waals surface area contributed by atoms with Gasteiger partial charge < -0.3 is 0 Å². The molecule has 12 heavy (non-hydrogen) atoms. The van der Waals surface area contributed by atoms with Crippen molar-refractivity contribution in [2.45, 2.75) is 31.6 Å². The van der Waals surface area contributed by atoms with E-state index in [0.29, 0.717) is 0 Å². The predicted octanol–water partition coefficient (Wildman–Crippen LogP) is 1.58. The molecule has 0 spiro atoms. The standard InChI is InChI=1S/C9H12N2S/c10-9-11-8-6-2-1-5(3-6)4-7(8)12-9/h5-6H,1-4H2,(H2,10,11)/p+1. The molecule has 2 bridgehead atoms. The van der Waals surface area contributed by atoms with Gasteiger partial charge in [0.1, 0.15) is 5.69 Å². The Bertz CT molecular complexity index is 318. The van der Waals surface area contributed by atoms with Crippen molar-refractivity contribution in [1.82, 2.24) is 0 Å². The molecule has 1 aromatic rings. The Kier molecular flexibility index (Phi) is 1.28.